The number of anilines is 1. The molecule has 2 aromatic carbocycles. The Balaban J connectivity index is 1.94. The van der Waals surface area contributed by atoms with Gasteiger partial charge in [-0.3, -0.25) is 4.79 Å². The van der Waals surface area contributed by atoms with E-state index < -0.39 is 11.5 Å². The van der Waals surface area contributed by atoms with E-state index in [2.05, 4.69) is 5.32 Å². The van der Waals surface area contributed by atoms with Gasteiger partial charge in [-0.15, -0.1) is 11.8 Å². The molecule has 0 unspecified atom stereocenters. The van der Waals surface area contributed by atoms with E-state index in [4.69, 9.17) is 4.42 Å². The van der Waals surface area contributed by atoms with Gasteiger partial charge in [0.2, 0.25) is 0 Å². The second-order valence-electron chi connectivity index (χ2n) is 4.87. The van der Waals surface area contributed by atoms with Crippen LogP contribution < -0.4 is 10.9 Å². The van der Waals surface area contributed by atoms with Crippen LogP contribution >= 0.6 is 11.8 Å². The maximum atomic E-state index is 12.4. The lowest BCUT2D eigenvalue weighted by Gasteiger charge is -2.09. The maximum Gasteiger partial charge on any atom is 0.344 e. The molecule has 0 atom stereocenters. The number of carbonyl (C=O) groups is 1. The summed E-state index contributed by atoms with van der Waals surface area (Å²) in [6, 6.07) is 16.2. The fraction of sp³-hybridized carbons (Fsp3) is 0.111. The quantitative estimate of drug-likeness (QED) is 0.732. The van der Waals surface area contributed by atoms with Crippen LogP contribution in [0.1, 0.15) is 17.5 Å². The summed E-state index contributed by atoms with van der Waals surface area (Å²) in [6.45, 7) is 2.05. The molecule has 1 heterocycles. The van der Waals surface area contributed by atoms with Crippen molar-refractivity contribution in [3.8, 4) is 0 Å². The molecular weight excluding hydrogens is 310 g/mol. The van der Waals surface area contributed by atoms with Crippen molar-refractivity contribution in [1.82, 2.24) is 0 Å². The number of nitrogens with one attached hydrogen (secondary N) is 1. The summed E-state index contributed by atoms with van der Waals surface area (Å²) >= 11 is 1.64. The van der Waals surface area contributed by atoms with Gasteiger partial charge < -0.3 is 9.73 Å². The fourth-order valence-electron chi connectivity index (χ4n) is 2.28. The molecule has 5 heteroatoms. The van der Waals surface area contributed by atoms with E-state index in [-0.39, 0.29) is 5.76 Å². The number of thioether (sulfide) groups is 1. The van der Waals surface area contributed by atoms with Crippen LogP contribution in [-0.2, 0) is 0 Å². The average Bonchev–Trinajstić information content (AvgIpc) is 2.57. The van der Waals surface area contributed by atoms with Crippen LogP contribution in [0.5, 0.6) is 0 Å². The molecule has 3 aromatic rings. The molecule has 1 amide bonds. The predicted octanol–water partition coefficient (Wildman–Crippen LogP) is 4.16. The fourth-order valence-corrected chi connectivity index (χ4v) is 3.04. The molecule has 116 valence electrons. The number of hydrogen-bond acceptors (Lipinski definition) is 4. The standard InChI is InChI=1S/C18H15NO3S/c1-2-23-16-10-6-5-9-14(16)19-17(20)15-11-12-7-3-4-8-13(12)18(21)22-15/h3-11H,2H2,1H3,(H,19,20). The van der Waals surface area contributed by atoms with Crippen LogP contribution in [0.25, 0.3) is 10.8 Å². The first-order valence-corrected chi connectivity index (χ1v) is 8.23. The topological polar surface area (TPSA) is 59.3 Å². The summed E-state index contributed by atoms with van der Waals surface area (Å²) in [5.74, 6) is 0.472. The highest BCUT2D eigenvalue weighted by Crippen LogP contribution is 2.27. The Morgan fingerprint density at radius 3 is 2.70 bits per heavy atom. The molecule has 4 nitrogen and oxygen atoms in total. The first kappa shape index (κ1) is 15.4. The van der Waals surface area contributed by atoms with Gasteiger partial charge in [0.05, 0.1) is 11.1 Å². The summed E-state index contributed by atoms with van der Waals surface area (Å²) in [5, 5.41) is 3.96. The van der Waals surface area contributed by atoms with E-state index in [9.17, 15) is 9.59 Å². The molecular formula is C18H15NO3S. The SMILES string of the molecule is CCSc1ccccc1NC(=O)c1cc2ccccc2c(=O)o1. The molecule has 0 spiro atoms. The third-order valence-electron chi connectivity index (χ3n) is 3.33. The van der Waals surface area contributed by atoms with Gasteiger partial charge in [0.1, 0.15) is 0 Å². The van der Waals surface area contributed by atoms with Gasteiger partial charge in [0, 0.05) is 4.90 Å². The van der Waals surface area contributed by atoms with Gasteiger partial charge in [-0.05, 0) is 35.4 Å². The molecule has 0 aliphatic heterocycles. The Hall–Kier alpha value is -2.53. The zero-order chi connectivity index (χ0) is 16.2. The average molecular weight is 325 g/mol. The predicted molar refractivity (Wildman–Crippen MR) is 93.3 cm³/mol. The number of benzene rings is 2. The minimum atomic E-state index is -0.510. The van der Waals surface area contributed by atoms with E-state index in [1.165, 1.54) is 0 Å². The van der Waals surface area contributed by atoms with Crippen LogP contribution in [0.3, 0.4) is 0 Å². The molecule has 0 saturated heterocycles. The first-order chi connectivity index (χ1) is 11.2. The van der Waals surface area contributed by atoms with Gasteiger partial charge in [0.15, 0.2) is 5.76 Å². The number of hydrogen-bond donors (Lipinski definition) is 1. The molecule has 23 heavy (non-hydrogen) atoms. The van der Waals surface area contributed by atoms with E-state index in [1.54, 1.807) is 36.0 Å². The monoisotopic (exact) mass is 325 g/mol. The van der Waals surface area contributed by atoms with Crippen molar-refractivity contribution in [2.45, 2.75) is 11.8 Å². The largest absolute Gasteiger partial charge is 0.417 e. The van der Waals surface area contributed by atoms with Gasteiger partial charge in [-0.25, -0.2) is 4.79 Å². The smallest absolute Gasteiger partial charge is 0.344 e. The van der Waals surface area contributed by atoms with Crippen molar-refractivity contribution in [2.75, 3.05) is 11.1 Å². The van der Waals surface area contributed by atoms with E-state index in [1.807, 2.05) is 37.3 Å². The molecule has 3 rings (SSSR count). The van der Waals surface area contributed by atoms with Gasteiger partial charge in [0.25, 0.3) is 5.91 Å². The highest BCUT2D eigenvalue weighted by Gasteiger charge is 2.13. The van der Waals surface area contributed by atoms with Gasteiger partial charge >= 0.3 is 5.63 Å². The lowest BCUT2D eigenvalue weighted by molar-refractivity contribution is 0.0993. The minimum Gasteiger partial charge on any atom is -0.417 e. The van der Waals surface area contributed by atoms with Crippen molar-refractivity contribution in [1.29, 1.82) is 0 Å². The third-order valence-corrected chi connectivity index (χ3v) is 4.28. The Bertz CT molecular complexity index is 917. The molecule has 0 radical (unpaired) electrons. The first-order valence-electron chi connectivity index (χ1n) is 7.25. The number of fused-ring (bicyclic) bond motifs is 1. The summed E-state index contributed by atoms with van der Waals surface area (Å²) < 4.78 is 5.15. The summed E-state index contributed by atoms with van der Waals surface area (Å²) in [7, 11) is 0. The van der Waals surface area contributed by atoms with Crippen molar-refractivity contribution in [3.05, 3.63) is 70.8 Å². The summed E-state index contributed by atoms with van der Waals surface area (Å²) in [6.07, 6.45) is 0. The molecule has 1 aromatic heterocycles. The van der Waals surface area contributed by atoms with Crippen molar-refractivity contribution in [2.24, 2.45) is 0 Å². The summed E-state index contributed by atoms with van der Waals surface area (Å²) in [5.41, 5.74) is 0.199. The van der Waals surface area contributed by atoms with E-state index in [0.717, 1.165) is 10.6 Å². The zero-order valence-corrected chi connectivity index (χ0v) is 13.4. The minimum absolute atomic E-state index is 0.00463. The number of amides is 1. The number of para-hydroxylation sites is 1. The number of rotatable bonds is 4. The Labute approximate surface area is 137 Å². The van der Waals surface area contributed by atoms with Crippen LogP contribution in [-0.4, -0.2) is 11.7 Å². The van der Waals surface area contributed by atoms with Crippen LogP contribution in [0, 0.1) is 0 Å². The molecule has 0 bridgehead atoms. The highest BCUT2D eigenvalue weighted by molar-refractivity contribution is 7.99. The molecule has 0 aliphatic carbocycles. The van der Waals surface area contributed by atoms with Crippen molar-refractivity contribution < 1.29 is 9.21 Å². The highest BCUT2D eigenvalue weighted by atomic mass is 32.2. The van der Waals surface area contributed by atoms with Crippen LogP contribution in [0.2, 0.25) is 0 Å². The van der Waals surface area contributed by atoms with Crippen LogP contribution in [0.15, 0.2) is 68.7 Å². The molecule has 1 N–H and O–H groups in total. The second-order valence-corrected chi connectivity index (χ2v) is 6.17. The van der Waals surface area contributed by atoms with Gasteiger partial charge in [-0.1, -0.05) is 37.3 Å². The van der Waals surface area contributed by atoms with E-state index in [0.29, 0.717) is 16.5 Å². The van der Waals surface area contributed by atoms with Crippen molar-refractivity contribution in [3.63, 3.8) is 0 Å². The van der Waals surface area contributed by atoms with E-state index >= 15 is 0 Å². The third kappa shape index (κ3) is 3.29. The number of carbonyl (C=O) groups excluding carboxylic acids is 1. The Kier molecular flexibility index (Phi) is 4.48. The van der Waals surface area contributed by atoms with Crippen LogP contribution in [0.4, 0.5) is 5.69 Å². The molecule has 0 fully saturated rings. The normalized spacial score (nSPS) is 10.7. The summed E-state index contributed by atoms with van der Waals surface area (Å²) in [4.78, 5) is 25.4. The lowest BCUT2D eigenvalue weighted by atomic mass is 10.1. The lowest BCUT2D eigenvalue weighted by Crippen LogP contribution is -2.15. The van der Waals surface area contributed by atoms with Gasteiger partial charge in [-0.2, -0.15) is 0 Å². The molecule has 0 saturated carbocycles. The maximum absolute atomic E-state index is 12.4. The zero-order valence-electron chi connectivity index (χ0n) is 12.5. The van der Waals surface area contributed by atoms with Crippen molar-refractivity contribution >= 4 is 34.1 Å². The Morgan fingerprint density at radius 1 is 1.13 bits per heavy atom. The Morgan fingerprint density at radius 2 is 1.87 bits per heavy atom. The second kappa shape index (κ2) is 6.71. The molecule has 0 aliphatic rings.